The lowest BCUT2D eigenvalue weighted by atomic mass is 10.1. The van der Waals surface area contributed by atoms with Crippen molar-refractivity contribution in [1.29, 1.82) is 0 Å². The van der Waals surface area contributed by atoms with Crippen molar-refractivity contribution < 1.29 is 8.63 Å². The second-order valence-electron chi connectivity index (χ2n) is 5.40. The Labute approximate surface area is 128 Å². The lowest BCUT2D eigenvalue weighted by Gasteiger charge is -2.25. The summed E-state index contributed by atoms with van der Waals surface area (Å²) in [6.07, 6.45) is 0. The van der Waals surface area contributed by atoms with Crippen molar-refractivity contribution in [2.45, 2.75) is 20.0 Å². The molecule has 0 spiro atoms. The molecule has 1 N–H and O–H groups in total. The molecule has 114 valence electrons. The minimum Gasteiger partial charge on any atom is -0.459 e. The molecule has 0 bridgehead atoms. The third kappa shape index (κ3) is 3.36. The van der Waals surface area contributed by atoms with Crippen molar-refractivity contribution in [3.63, 3.8) is 0 Å². The molecule has 1 aliphatic rings. The van der Waals surface area contributed by atoms with Crippen LogP contribution < -0.4 is 5.32 Å². The van der Waals surface area contributed by atoms with Gasteiger partial charge in [-0.1, -0.05) is 25.1 Å². The Balaban J connectivity index is 1.84. The minimum atomic E-state index is -0.628. The molecule has 0 atom stereocenters. The normalized spacial score (nSPS) is 17.6. The van der Waals surface area contributed by atoms with Gasteiger partial charge >= 0.3 is 0 Å². The van der Waals surface area contributed by atoms with Crippen molar-refractivity contribution in [1.82, 2.24) is 10.2 Å². The van der Waals surface area contributed by atoms with E-state index in [1.165, 1.54) is 10.9 Å². The summed E-state index contributed by atoms with van der Waals surface area (Å²) < 4.78 is 17.5. The van der Waals surface area contributed by atoms with E-state index in [1.54, 1.807) is 0 Å². The van der Waals surface area contributed by atoms with Gasteiger partial charge in [0.25, 0.3) is 0 Å². The number of para-hydroxylation sites is 1. The molecule has 0 aliphatic carbocycles. The summed E-state index contributed by atoms with van der Waals surface area (Å²) in [7, 11) is -0.628. The first-order valence-electron chi connectivity index (χ1n) is 7.55. The number of hydrogen-bond donors (Lipinski definition) is 1. The molecule has 1 fully saturated rings. The second kappa shape index (κ2) is 6.73. The van der Waals surface area contributed by atoms with E-state index < -0.39 is 10.8 Å². The quantitative estimate of drug-likeness (QED) is 0.919. The van der Waals surface area contributed by atoms with Crippen molar-refractivity contribution >= 4 is 21.8 Å². The first kappa shape index (κ1) is 14.8. The predicted octanol–water partition coefficient (Wildman–Crippen LogP) is 2.11. The molecular formula is C16H22N2O2S. The maximum absolute atomic E-state index is 11.5. The number of rotatable bonds is 5. The highest BCUT2D eigenvalue weighted by Gasteiger charge is 2.20. The molecule has 0 saturated carbocycles. The molecule has 4 nitrogen and oxygen atoms in total. The van der Waals surface area contributed by atoms with E-state index >= 15 is 0 Å². The summed E-state index contributed by atoms with van der Waals surface area (Å²) in [6.45, 7) is 6.49. The SMILES string of the molecule is CCNCc1c(CN2CCS(=O)CC2)oc2ccccc12. The molecule has 2 heterocycles. The van der Waals surface area contributed by atoms with Gasteiger partial charge < -0.3 is 9.73 Å². The minimum absolute atomic E-state index is 0.628. The summed E-state index contributed by atoms with van der Waals surface area (Å²) in [4.78, 5) is 2.34. The molecule has 21 heavy (non-hydrogen) atoms. The topological polar surface area (TPSA) is 45.5 Å². The van der Waals surface area contributed by atoms with Crippen LogP contribution in [0, 0.1) is 0 Å². The average molecular weight is 306 g/mol. The van der Waals surface area contributed by atoms with Crippen LogP contribution in [0.1, 0.15) is 18.2 Å². The molecule has 1 aromatic heterocycles. The molecule has 2 aromatic rings. The number of benzene rings is 1. The third-order valence-electron chi connectivity index (χ3n) is 3.97. The van der Waals surface area contributed by atoms with Crippen LogP contribution in [-0.4, -0.2) is 40.2 Å². The zero-order valence-electron chi connectivity index (χ0n) is 12.4. The summed E-state index contributed by atoms with van der Waals surface area (Å²) in [5.41, 5.74) is 2.22. The molecule has 0 unspecified atom stereocenters. The Bertz CT molecular complexity index is 628. The molecule has 5 heteroatoms. The fraction of sp³-hybridized carbons (Fsp3) is 0.500. The van der Waals surface area contributed by atoms with E-state index in [0.717, 1.165) is 55.6 Å². The van der Waals surface area contributed by atoms with Crippen LogP contribution in [0.15, 0.2) is 28.7 Å². The summed E-state index contributed by atoms with van der Waals surface area (Å²) >= 11 is 0. The number of furan rings is 1. The Morgan fingerprint density at radius 1 is 1.29 bits per heavy atom. The van der Waals surface area contributed by atoms with Gasteiger partial charge in [0, 0.05) is 52.9 Å². The van der Waals surface area contributed by atoms with Gasteiger partial charge in [0.2, 0.25) is 0 Å². The Morgan fingerprint density at radius 2 is 2.05 bits per heavy atom. The van der Waals surface area contributed by atoms with E-state index in [1.807, 2.05) is 12.1 Å². The third-order valence-corrected chi connectivity index (χ3v) is 5.25. The van der Waals surface area contributed by atoms with Crippen molar-refractivity contribution in [3.05, 3.63) is 35.6 Å². The van der Waals surface area contributed by atoms with Crippen LogP contribution in [0.25, 0.3) is 11.0 Å². The van der Waals surface area contributed by atoms with Gasteiger partial charge in [-0.3, -0.25) is 9.11 Å². The molecule has 0 radical (unpaired) electrons. The molecule has 1 aliphatic heterocycles. The van der Waals surface area contributed by atoms with Gasteiger partial charge in [-0.15, -0.1) is 0 Å². The summed E-state index contributed by atoms with van der Waals surface area (Å²) in [6, 6.07) is 8.22. The molecule has 1 saturated heterocycles. The van der Waals surface area contributed by atoms with Crippen LogP contribution in [-0.2, 0) is 23.9 Å². The Morgan fingerprint density at radius 3 is 2.81 bits per heavy atom. The van der Waals surface area contributed by atoms with Gasteiger partial charge in [-0.25, -0.2) is 0 Å². The lowest BCUT2D eigenvalue weighted by molar-refractivity contribution is 0.267. The molecular weight excluding hydrogens is 284 g/mol. The highest BCUT2D eigenvalue weighted by atomic mass is 32.2. The van der Waals surface area contributed by atoms with Gasteiger partial charge in [0.1, 0.15) is 11.3 Å². The lowest BCUT2D eigenvalue weighted by Crippen LogP contribution is -2.37. The first-order chi connectivity index (χ1) is 10.3. The van der Waals surface area contributed by atoms with Gasteiger partial charge in [-0.05, 0) is 12.6 Å². The molecule has 0 amide bonds. The van der Waals surface area contributed by atoms with Crippen LogP contribution in [0.2, 0.25) is 0 Å². The monoisotopic (exact) mass is 306 g/mol. The molecule has 1 aromatic carbocycles. The van der Waals surface area contributed by atoms with Crippen LogP contribution in [0.3, 0.4) is 0 Å². The van der Waals surface area contributed by atoms with Crippen LogP contribution in [0.4, 0.5) is 0 Å². The van der Waals surface area contributed by atoms with Crippen LogP contribution in [0.5, 0.6) is 0 Å². The van der Waals surface area contributed by atoms with E-state index in [9.17, 15) is 4.21 Å². The zero-order chi connectivity index (χ0) is 14.7. The smallest absolute Gasteiger partial charge is 0.134 e. The standard InChI is InChI=1S/C16H22N2O2S/c1-2-17-11-14-13-5-3-4-6-15(13)20-16(14)12-18-7-9-21(19)10-8-18/h3-6,17H,2,7-12H2,1H3. The van der Waals surface area contributed by atoms with Crippen molar-refractivity contribution in [3.8, 4) is 0 Å². The Kier molecular flexibility index (Phi) is 4.73. The highest BCUT2D eigenvalue weighted by Crippen LogP contribution is 2.27. The van der Waals surface area contributed by atoms with E-state index in [0.29, 0.717) is 0 Å². The zero-order valence-corrected chi connectivity index (χ0v) is 13.2. The predicted molar refractivity (Wildman–Crippen MR) is 86.7 cm³/mol. The number of nitrogens with zero attached hydrogens (tertiary/aromatic N) is 1. The maximum atomic E-state index is 11.5. The maximum Gasteiger partial charge on any atom is 0.134 e. The fourth-order valence-corrected chi connectivity index (χ4v) is 3.89. The number of hydrogen-bond acceptors (Lipinski definition) is 4. The molecule has 3 rings (SSSR count). The number of fused-ring (bicyclic) bond motifs is 1. The largest absolute Gasteiger partial charge is 0.459 e. The van der Waals surface area contributed by atoms with Crippen molar-refractivity contribution in [2.75, 3.05) is 31.1 Å². The van der Waals surface area contributed by atoms with E-state index in [2.05, 4.69) is 29.3 Å². The average Bonchev–Trinajstić information content (AvgIpc) is 2.85. The van der Waals surface area contributed by atoms with E-state index in [-0.39, 0.29) is 0 Å². The number of nitrogens with one attached hydrogen (secondary N) is 1. The van der Waals surface area contributed by atoms with Gasteiger partial charge in [0.15, 0.2) is 0 Å². The first-order valence-corrected chi connectivity index (χ1v) is 9.04. The fourth-order valence-electron chi connectivity index (χ4n) is 2.76. The summed E-state index contributed by atoms with van der Waals surface area (Å²) in [5, 5.41) is 4.60. The highest BCUT2D eigenvalue weighted by molar-refractivity contribution is 7.85. The van der Waals surface area contributed by atoms with Crippen molar-refractivity contribution in [2.24, 2.45) is 0 Å². The Hall–Kier alpha value is -1.17. The summed E-state index contributed by atoms with van der Waals surface area (Å²) in [5.74, 6) is 2.61. The van der Waals surface area contributed by atoms with Gasteiger partial charge in [-0.2, -0.15) is 0 Å². The van der Waals surface area contributed by atoms with Crippen LogP contribution >= 0.6 is 0 Å². The van der Waals surface area contributed by atoms with Gasteiger partial charge in [0.05, 0.1) is 6.54 Å². The second-order valence-corrected chi connectivity index (χ2v) is 7.10. The van der Waals surface area contributed by atoms with E-state index in [4.69, 9.17) is 4.42 Å².